The van der Waals surface area contributed by atoms with E-state index in [-0.39, 0.29) is 12.3 Å². The van der Waals surface area contributed by atoms with Gasteiger partial charge in [-0.15, -0.1) is 0 Å². The second-order valence-electron chi connectivity index (χ2n) is 5.10. The Labute approximate surface area is 131 Å². The summed E-state index contributed by atoms with van der Waals surface area (Å²) in [5.41, 5.74) is 6.60. The SMILES string of the molecule is CCc1cccc(NC(=O)CC(C)=NNc2ccccc2)c1. The van der Waals surface area contributed by atoms with Crippen molar-refractivity contribution in [3.8, 4) is 0 Å². The van der Waals surface area contributed by atoms with E-state index in [1.54, 1.807) is 0 Å². The molecule has 0 spiro atoms. The van der Waals surface area contributed by atoms with Crippen LogP contribution in [0.3, 0.4) is 0 Å². The number of para-hydroxylation sites is 1. The van der Waals surface area contributed by atoms with Gasteiger partial charge in [0.05, 0.1) is 12.1 Å². The van der Waals surface area contributed by atoms with Crippen LogP contribution >= 0.6 is 0 Å². The second kappa shape index (κ2) is 7.98. The van der Waals surface area contributed by atoms with Gasteiger partial charge in [-0.25, -0.2) is 0 Å². The van der Waals surface area contributed by atoms with Gasteiger partial charge in [-0.2, -0.15) is 5.10 Å². The van der Waals surface area contributed by atoms with Gasteiger partial charge in [-0.05, 0) is 43.2 Å². The van der Waals surface area contributed by atoms with Gasteiger partial charge in [0, 0.05) is 11.4 Å². The normalized spacial score (nSPS) is 11.1. The van der Waals surface area contributed by atoms with E-state index in [2.05, 4.69) is 22.8 Å². The minimum absolute atomic E-state index is 0.0654. The zero-order valence-corrected chi connectivity index (χ0v) is 13.0. The van der Waals surface area contributed by atoms with E-state index < -0.39 is 0 Å². The largest absolute Gasteiger partial charge is 0.326 e. The third-order valence-electron chi connectivity index (χ3n) is 3.19. The van der Waals surface area contributed by atoms with Gasteiger partial charge in [-0.3, -0.25) is 10.2 Å². The predicted octanol–water partition coefficient (Wildman–Crippen LogP) is 4.07. The summed E-state index contributed by atoms with van der Waals surface area (Å²) in [6, 6.07) is 17.5. The molecule has 0 bridgehead atoms. The second-order valence-corrected chi connectivity index (χ2v) is 5.10. The molecule has 2 aromatic rings. The molecule has 0 aliphatic heterocycles. The first-order valence-corrected chi connectivity index (χ1v) is 7.40. The van der Waals surface area contributed by atoms with Crippen LogP contribution in [0.15, 0.2) is 59.7 Å². The van der Waals surface area contributed by atoms with Crippen LogP contribution in [0.2, 0.25) is 0 Å². The molecule has 22 heavy (non-hydrogen) atoms. The fraction of sp³-hybridized carbons (Fsp3) is 0.222. The molecule has 2 aromatic carbocycles. The molecule has 0 saturated heterocycles. The van der Waals surface area contributed by atoms with E-state index in [0.717, 1.165) is 23.5 Å². The molecular weight excluding hydrogens is 274 g/mol. The van der Waals surface area contributed by atoms with Crippen LogP contribution < -0.4 is 10.7 Å². The molecule has 0 heterocycles. The summed E-state index contributed by atoms with van der Waals surface area (Å²) < 4.78 is 0. The van der Waals surface area contributed by atoms with Crippen molar-refractivity contribution in [1.82, 2.24) is 0 Å². The lowest BCUT2D eigenvalue weighted by molar-refractivity contribution is -0.115. The standard InChI is InChI=1S/C18H21N3O/c1-3-15-8-7-11-17(13-15)19-18(22)12-14(2)20-21-16-9-5-4-6-10-16/h4-11,13,21H,3,12H2,1-2H3,(H,19,22). The zero-order chi connectivity index (χ0) is 15.8. The maximum Gasteiger partial charge on any atom is 0.230 e. The molecule has 1 amide bonds. The van der Waals surface area contributed by atoms with E-state index >= 15 is 0 Å². The summed E-state index contributed by atoms with van der Waals surface area (Å²) in [5, 5.41) is 7.11. The summed E-state index contributed by atoms with van der Waals surface area (Å²) in [5.74, 6) is -0.0654. The topological polar surface area (TPSA) is 53.5 Å². The van der Waals surface area contributed by atoms with Crippen LogP contribution in [0, 0.1) is 0 Å². The van der Waals surface area contributed by atoms with Crippen LogP contribution in [-0.4, -0.2) is 11.6 Å². The smallest absolute Gasteiger partial charge is 0.230 e. The van der Waals surface area contributed by atoms with Crippen molar-refractivity contribution in [2.75, 3.05) is 10.7 Å². The Balaban J connectivity index is 1.88. The number of carbonyl (C=O) groups is 1. The molecule has 2 rings (SSSR count). The molecule has 0 saturated carbocycles. The van der Waals surface area contributed by atoms with Gasteiger partial charge in [0.1, 0.15) is 0 Å². The number of amides is 1. The van der Waals surface area contributed by atoms with Crippen molar-refractivity contribution in [2.45, 2.75) is 26.7 Å². The maximum atomic E-state index is 12.0. The quantitative estimate of drug-likeness (QED) is 0.623. The number of nitrogens with zero attached hydrogens (tertiary/aromatic N) is 1. The first-order valence-electron chi connectivity index (χ1n) is 7.40. The van der Waals surface area contributed by atoms with Gasteiger partial charge >= 0.3 is 0 Å². The van der Waals surface area contributed by atoms with Crippen LogP contribution in [0.5, 0.6) is 0 Å². The highest BCUT2D eigenvalue weighted by molar-refractivity contribution is 6.05. The fourth-order valence-corrected chi connectivity index (χ4v) is 2.02. The van der Waals surface area contributed by atoms with Crippen molar-refractivity contribution in [1.29, 1.82) is 0 Å². The Morgan fingerprint density at radius 1 is 1.05 bits per heavy atom. The maximum absolute atomic E-state index is 12.0. The average Bonchev–Trinajstić information content (AvgIpc) is 2.54. The number of rotatable bonds is 6. The van der Waals surface area contributed by atoms with Gasteiger partial charge in [-0.1, -0.05) is 37.3 Å². The first kappa shape index (κ1) is 15.8. The molecule has 0 aliphatic carbocycles. The van der Waals surface area contributed by atoms with Crippen molar-refractivity contribution in [2.24, 2.45) is 5.10 Å². The van der Waals surface area contributed by atoms with E-state index in [4.69, 9.17) is 0 Å². The Bertz CT molecular complexity index is 650. The third-order valence-corrected chi connectivity index (χ3v) is 3.19. The van der Waals surface area contributed by atoms with Crippen molar-refractivity contribution in [3.63, 3.8) is 0 Å². The molecule has 0 fully saturated rings. The molecule has 114 valence electrons. The highest BCUT2D eigenvalue weighted by Crippen LogP contribution is 2.11. The van der Waals surface area contributed by atoms with E-state index in [1.165, 1.54) is 5.56 Å². The van der Waals surface area contributed by atoms with Crippen LogP contribution in [0.25, 0.3) is 0 Å². The molecule has 0 aliphatic rings. The van der Waals surface area contributed by atoms with Crippen molar-refractivity contribution < 1.29 is 4.79 Å². The number of hydrazone groups is 1. The number of benzene rings is 2. The molecule has 0 aromatic heterocycles. The Hall–Kier alpha value is -2.62. The van der Waals surface area contributed by atoms with E-state index in [1.807, 2.05) is 61.5 Å². The Kier molecular flexibility index (Phi) is 5.72. The summed E-state index contributed by atoms with van der Waals surface area (Å²) in [6.07, 6.45) is 1.21. The minimum Gasteiger partial charge on any atom is -0.326 e. The molecular formula is C18H21N3O. The molecule has 0 atom stereocenters. The third kappa shape index (κ3) is 5.05. The summed E-state index contributed by atoms with van der Waals surface area (Å²) in [4.78, 5) is 12.0. The summed E-state index contributed by atoms with van der Waals surface area (Å²) in [6.45, 7) is 3.92. The van der Waals surface area contributed by atoms with E-state index in [9.17, 15) is 4.79 Å². The van der Waals surface area contributed by atoms with Crippen LogP contribution in [-0.2, 0) is 11.2 Å². The molecule has 4 heteroatoms. The van der Waals surface area contributed by atoms with Gasteiger partial charge in [0.2, 0.25) is 5.91 Å². The van der Waals surface area contributed by atoms with E-state index in [0.29, 0.717) is 0 Å². The Morgan fingerprint density at radius 2 is 1.77 bits per heavy atom. The van der Waals surface area contributed by atoms with Gasteiger partial charge in [0.15, 0.2) is 0 Å². The van der Waals surface area contributed by atoms with Crippen LogP contribution in [0.4, 0.5) is 11.4 Å². The Morgan fingerprint density at radius 3 is 2.50 bits per heavy atom. The van der Waals surface area contributed by atoms with Crippen molar-refractivity contribution >= 4 is 23.0 Å². The summed E-state index contributed by atoms with van der Waals surface area (Å²) >= 11 is 0. The zero-order valence-electron chi connectivity index (χ0n) is 13.0. The molecule has 2 N–H and O–H groups in total. The predicted molar refractivity (Wildman–Crippen MR) is 92.2 cm³/mol. The molecule has 4 nitrogen and oxygen atoms in total. The summed E-state index contributed by atoms with van der Waals surface area (Å²) in [7, 11) is 0. The van der Waals surface area contributed by atoms with Crippen LogP contribution in [0.1, 0.15) is 25.8 Å². The fourth-order valence-electron chi connectivity index (χ4n) is 2.02. The number of hydrogen-bond donors (Lipinski definition) is 2. The van der Waals surface area contributed by atoms with Gasteiger partial charge in [0.25, 0.3) is 0 Å². The molecule has 0 radical (unpaired) electrons. The minimum atomic E-state index is -0.0654. The van der Waals surface area contributed by atoms with Crippen molar-refractivity contribution in [3.05, 3.63) is 60.2 Å². The number of nitrogens with one attached hydrogen (secondary N) is 2. The number of aryl methyl sites for hydroxylation is 1. The number of hydrogen-bond acceptors (Lipinski definition) is 3. The number of anilines is 2. The highest BCUT2D eigenvalue weighted by atomic mass is 16.1. The monoisotopic (exact) mass is 295 g/mol. The van der Waals surface area contributed by atoms with Gasteiger partial charge < -0.3 is 5.32 Å². The first-order chi connectivity index (χ1) is 10.7. The number of carbonyl (C=O) groups excluding carboxylic acids is 1. The lowest BCUT2D eigenvalue weighted by atomic mass is 10.1. The molecule has 0 unspecified atom stereocenters. The lowest BCUT2D eigenvalue weighted by Crippen LogP contribution is -2.15. The lowest BCUT2D eigenvalue weighted by Gasteiger charge is -2.07. The average molecular weight is 295 g/mol. The highest BCUT2D eigenvalue weighted by Gasteiger charge is 2.05.